The van der Waals surface area contributed by atoms with Crippen molar-refractivity contribution < 1.29 is 5.11 Å². The molecule has 0 amide bonds. The fourth-order valence-electron chi connectivity index (χ4n) is 2.15. The molecule has 0 radical (unpaired) electrons. The normalized spacial score (nSPS) is 10.9. The lowest BCUT2D eigenvalue weighted by Crippen LogP contribution is -2.32. The first-order valence-electron chi connectivity index (χ1n) is 7.15. The Balaban J connectivity index is 2.68. The minimum Gasteiger partial charge on any atom is -0.494 e. The Bertz CT molecular complexity index is 522. The van der Waals surface area contributed by atoms with Gasteiger partial charge in [0, 0.05) is 6.54 Å². The molecule has 1 aromatic heterocycles. The van der Waals surface area contributed by atoms with E-state index >= 15 is 0 Å². The van der Waals surface area contributed by atoms with Gasteiger partial charge in [-0.2, -0.15) is 11.8 Å². The summed E-state index contributed by atoms with van der Waals surface area (Å²) in [7, 11) is 0. The lowest BCUT2D eigenvalue weighted by atomic mass is 10.2. The highest BCUT2D eigenvalue weighted by atomic mass is 32.2. The average Bonchev–Trinajstić information content (AvgIpc) is 2.41. The number of hydrogen-bond donors (Lipinski definition) is 2. The molecule has 114 valence electrons. The number of rotatable bonds is 9. The van der Waals surface area contributed by atoms with Crippen LogP contribution < -0.4 is 11.2 Å². The molecule has 1 aromatic rings. The Kier molecular flexibility index (Phi) is 7.51. The molecule has 1 heterocycles. The molecular weight excluding hydrogens is 276 g/mol. The Morgan fingerprint density at radius 2 is 1.90 bits per heavy atom. The topological polar surface area (TPSA) is 75.1 Å². The predicted molar refractivity (Wildman–Crippen MR) is 83.8 cm³/mol. The van der Waals surface area contributed by atoms with E-state index in [1.165, 1.54) is 11.0 Å². The van der Waals surface area contributed by atoms with E-state index in [1.807, 2.05) is 18.7 Å². The van der Waals surface area contributed by atoms with E-state index in [0.717, 1.165) is 31.4 Å². The van der Waals surface area contributed by atoms with Gasteiger partial charge in [0.2, 0.25) is 5.88 Å². The van der Waals surface area contributed by atoms with Crippen molar-refractivity contribution in [3.8, 4) is 5.88 Å². The second-order valence-electron chi connectivity index (χ2n) is 4.87. The minimum atomic E-state index is -0.517. The molecule has 20 heavy (non-hydrogen) atoms. The first kappa shape index (κ1) is 16.9. The van der Waals surface area contributed by atoms with Gasteiger partial charge in [-0.25, -0.2) is 4.79 Å². The van der Waals surface area contributed by atoms with Crippen molar-refractivity contribution in [2.24, 2.45) is 0 Å². The molecule has 0 fully saturated rings. The first-order chi connectivity index (χ1) is 9.61. The van der Waals surface area contributed by atoms with Gasteiger partial charge in [-0.15, -0.1) is 0 Å². The Morgan fingerprint density at radius 1 is 1.20 bits per heavy atom. The zero-order chi connectivity index (χ0) is 15.0. The molecule has 0 aliphatic rings. The van der Waals surface area contributed by atoms with Crippen molar-refractivity contribution in [1.29, 1.82) is 0 Å². The highest BCUT2D eigenvalue weighted by molar-refractivity contribution is 7.98. The number of nitrogens with zero attached hydrogens (tertiary/aromatic N) is 1. The Morgan fingerprint density at radius 3 is 2.55 bits per heavy atom. The van der Waals surface area contributed by atoms with Crippen molar-refractivity contribution >= 4 is 11.8 Å². The fraction of sp³-hybridized carbons (Fsp3) is 0.714. The summed E-state index contributed by atoms with van der Waals surface area (Å²) in [5.74, 6) is 0.995. The maximum atomic E-state index is 11.7. The number of aromatic amines is 1. The van der Waals surface area contributed by atoms with E-state index in [1.54, 1.807) is 0 Å². The van der Waals surface area contributed by atoms with Gasteiger partial charge in [-0.1, -0.05) is 26.2 Å². The Hall–Kier alpha value is -1.17. The summed E-state index contributed by atoms with van der Waals surface area (Å²) in [4.78, 5) is 25.6. The third-order valence-electron chi connectivity index (χ3n) is 3.25. The molecule has 1 rings (SSSR count). The number of H-pyrrole nitrogens is 1. The van der Waals surface area contributed by atoms with Gasteiger partial charge < -0.3 is 5.11 Å². The van der Waals surface area contributed by atoms with Crippen molar-refractivity contribution in [1.82, 2.24) is 9.55 Å². The van der Waals surface area contributed by atoms with Crippen LogP contribution in [-0.2, 0) is 13.0 Å². The SMILES string of the molecule is CCCc1c(O)n(CCCCCCSC)c(=O)[nH]c1=O. The van der Waals surface area contributed by atoms with Gasteiger partial charge >= 0.3 is 5.69 Å². The van der Waals surface area contributed by atoms with Crippen LogP contribution in [0, 0.1) is 0 Å². The second kappa shape index (κ2) is 8.89. The van der Waals surface area contributed by atoms with Gasteiger partial charge in [-0.3, -0.25) is 14.3 Å². The molecule has 2 N–H and O–H groups in total. The smallest absolute Gasteiger partial charge is 0.331 e. The van der Waals surface area contributed by atoms with E-state index in [0.29, 0.717) is 18.5 Å². The molecule has 0 aliphatic heterocycles. The van der Waals surface area contributed by atoms with Crippen LogP contribution in [0.2, 0.25) is 0 Å². The molecule has 0 saturated carbocycles. The van der Waals surface area contributed by atoms with E-state index in [9.17, 15) is 14.7 Å². The van der Waals surface area contributed by atoms with E-state index < -0.39 is 11.2 Å². The summed E-state index contributed by atoms with van der Waals surface area (Å²) in [6.45, 7) is 2.39. The standard InChI is InChI=1S/C14H24N2O3S/c1-3-8-11-12(17)15-14(19)16(13(11)18)9-6-4-5-7-10-20-2/h18H,3-10H2,1-2H3,(H,15,17,19). The van der Waals surface area contributed by atoms with Crippen LogP contribution >= 0.6 is 11.8 Å². The number of aromatic hydroxyl groups is 1. The van der Waals surface area contributed by atoms with Gasteiger partial charge in [0.1, 0.15) is 0 Å². The third kappa shape index (κ3) is 4.74. The van der Waals surface area contributed by atoms with Crippen molar-refractivity contribution in [3.63, 3.8) is 0 Å². The molecular formula is C14H24N2O3S. The minimum absolute atomic E-state index is 0.162. The van der Waals surface area contributed by atoms with E-state index in [-0.39, 0.29) is 5.88 Å². The van der Waals surface area contributed by atoms with Crippen LogP contribution in [0.15, 0.2) is 9.59 Å². The summed E-state index contributed by atoms with van der Waals surface area (Å²) in [5, 5.41) is 10.1. The average molecular weight is 300 g/mol. The first-order valence-corrected chi connectivity index (χ1v) is 8.55. The molecule has 5 nitrogen and oxygen atoms in total. The van der Waals surface area contributed by atoms with Crippen molar-refractivity contribution in [3.05, 3.63) is 26.4 Å². The van der Waals surface area contributed by atoms with Crippen LogP contribution in [-0.4, -0.2) is 26.7 Å². The molecule has 0 unspecified atom stereocenters. The van der Waals surface area contributed by atoms with Crippen LogP contribution in [0.1, 0.15) is 44.6 Å². The van der Waals surface area contributed by atoms with Crippen LogP contribution in [0.3, 0.4) is 0 Å². The van der Waals surface area contributed by atoms with Crippen LogP contribution in [0.4, 0.5) is 0 Å². The highest BCUT2D eigenvalue weighted by Gasteiger charge is 2.12. The van der Waals surface area contributed by atoms with Gasteiger partial charge in [-0.05, 0) is 31.3 Å². The van der Waals surface area contributed by atoms with Gasteiger partial charge in [0.25, 0.3) is 5.56 Å². The van der Waals surface area contributed by atoms with Crippen molar-refractivity contribution in [2.75, 3.05) is 12.0 Å². The largest absolute Gasteiger partial charge is 0.494 e. The molecule has 0 bridgehead atoms. The molecule has 0 aliphatic carbocycles. The number of unbranched alkanes of at least 4 members (excludes halogenated alkanes) is 3. The molecule has 0 spiro atoms. The van der Waals surface area contributed by atoms with Crippen LogP contribution in [0.25, 0.3) is 0 Å². The summed E-state index contributed by atoms with van der Waals surface area (Å²) in [5.41, 5.74) is -0.670. The quantitative estimate of drug-likeness (QED) is 0.685. The monoisotopic (exact) mass is 300 g/mol. The second-order valence-corrected chi connectivity index (χ2v) is 5.86. The number of hydrogen-bond acceptors (Lipinski definition) is 4. The maximum Gasteiger partial charge on any atom is 0.331 e. The lowest BCUT2D eigenvalue weighted by molar-refractivity contribution is 0.385. The summed E-state index contributed by atoms with van der Waals surface area (Å²) < 4.78 is 1.28. The van der Waals surface area contributed by atoms with E-state index in [2.05, 4.69) is 11.2 Å². The van der Waals surface area contributed by atoms with Crippen LogP contribution in [0.5, 0.6) is 5.88 Å². The van der Waals surface area contributed by atoms with Gasteiger partial charge in [0.15, 0.2) is 0 Å². The van der Waals surface area contributed by atoms with E-state index in [4.69, 9.17) is 0 Å². The molecule has 0 atom stereocenters. The third-order valence-corrected chi connectivity index (χ3v) is 3.94. The van der Waals surface area contributed by atoms with Crippen molar-refractivity contribution in [2.45, 2.75) is 52.0 Å². The summed E-state index contributed by atoms with van der Waals surface area (Å²) in [6, 6.07) is 0. The molecule has 0 aromatic carbocycles. The number of nitrogens with one attached hydrogen (secondary N) is 1. The zero-order valence-corrected chi connectivity index (χ0v) is 13.1. The predicted octanol–water partition coefficient (Wildman–Crippen LogP) is 2.12. The molecule has 0 saturated heterocycles. The fourth-order valence-corrected chi connectivity index (χ4v) is 2.65. The zero-order valence-electron chi connectivity index (χ0n) is 12.3. The maximum absolute atomic E-state index is 11.7. The summed E-state index contributed by atoms with van der Waals surface area (Å²) >= 11 is 1.84. The number of thioether (sulfide) groups is 1. The molecule has 6 heteroatoms. The Labute approximate surface area is 123 Å². The number of aromatic nitrogens is 2. The lowest BCUT2D eigenvalue weighted by Gasteiger charge is -2.10. The highest BCUT2D eigenvalue weighted by Crippen LogP contribution is 2.13. The summed E-state index contributed by atoms with van der Waals surface area (Å²) in [6.07, 6.45) is 7.48. The van der Waals surface area contributed by atoms with Gasteiger partial charge in [0.05, 0.1) is 5.56 Å².